The molecule has 1 aliphatic rings. The van der Waals surface area contributed by atoms with E-state index in [0.29, 0.717) is 18.6 Å². The van der Waals surface area contributed by atoms with Crippen LogP contribution in [-0.2, 0) is 9.59 Å². The van der Waals surface area contributed by atoms with Gasteiger partial charge in [0, 0.05) is 12.3 Å². The number of aliphatic hydroxyl groups is 1. The monoisotopic (exact) mass is 1240 g/mol. The van der Waals surface area contributed by atoms with E-state index in [0.717, 1.165) is 56.8 Å². The molecule has 0 bridgehead atoms. The fraction of sp³-hybridized carbons (Fsp3) is 0.976. The first-order valence-corrected chi connectivity index (χ1v) is 41.8. The Morgan fingerprint density at radius 3 is 0.739 bits per heavy atom. The highest BCUT2D eigenvalue weighted by atomic mass is 16.4. The number of unbranched alkanes of at least 4 members (excludes halogenated alkanes) is 63. The van der Waals surface area contributed by atoms with E-state index < -0.39 is 18.0 Å². The van der Waals surface area contributed by atoms with Crippen LogP contribution in [0.3, 0.4) is 0 Å². The van der Waals surface area contributed by atoms with Crippen LogP contribution in [0.25, 0.3) is 0 Å². The smallest absolute Gasteiger partial charge is 0.309 e. The predicted octanol–water partition coefficient (Wildman–Crippen LogP) is 29.4. The first-order chi connectivity index (χ1) is 43.4. The molecule has 1 aliphatic carbocycles. The quantitative estimate of drug-likeness (QED) is 0.0595. The maximum absolute atomic E-state index is 12.7. The van der Waals surface area contributed by atoms with E-state index in [1.54, 1.807) is 0 Å². The molecule has 0 aliphatic heterocycles. The van der Waals surface area contributed by atoms with Crippen LogP contribution >= 0.6 is 0 Å². The van der Waals surface area contributed by atoms with E-state index in [1.165, 1.54) is 417 Å². The van der Waals surface area contributed by atoms with Crippen molar-refractivity contribution < 1.29 is 19.8 Å². The largest absolute Gasteiger partial charge is 0.481 e. The number of aliphatic carboxylic acids is 1. The van der Waals surface area contributed by atoms with Crippen molar-refractivity contribution in [3.05, 3.63) is 0 Å². The lowest BCUT2D eigenvalue weighted by atomic mass is 9.91. The Labute approximate surface area is 554 Å². The molecule has 2 N–H and O–H groups in total. The molecule has 0 saturated heterocycles. The number of carboxylic acid groups (broad SMARTS) is 1. The summed E-state index contributed by atoms with van der Waals surface area (Å²) in [6, 6.07) is 0. The summed E-state index contributed by atoms with van der Waals surface area (Å²) in [7, 11) is 0. The maximum atomic E-state index is 12.7. The molecule has 1 fully saturated rings. The average molecular weight is 1240 g/mol. The zero-order valence-electron chi connectivity index (χ0n) is 60.9. The lowest BCUT2D eigenvalue weighted by Crippen LogP contribution is -2.28. The number of aliphatic hydroxyl groups excluding tert-OH is 1. The number of carbonyl (C=O) groups is 2. The Balaban J connectivity index is 1.75. The fourth-order valence-electron chi connectivity index (χ4n) is 15.0. The van der Waals surface area contributed by atoms with Gasteiger partial charge in [-0.1, -0.05) is 457 Å². The van der Waals surface area contributed by atoms with Crippen LogP contribution in [0.2, 0.25) is 0 Å². The van der Waals surface area contributed by atoms with Crippen LogP contribution in [0, 0.1) is 23.7 Å². The summed E-state index contributed by atoms with van der Waals surface area (Å²) in [5.41, 5.74) is 0. The number of Topliss-reactive ketones (excluding diaryl/α,β-unsaturated/α-hetero) is 1. The molecule has 0 radical (unpaired) electrons. The molecule has 0 aromatic rings. The molecule has 0 aromatic carbocycles. The van der Waals surface area contributed by atoms with Gasteiger partial charge in [0.1, 0.15) is 5.78 Å². The second kappa shape index (κ2) is 70.4. The SMILES string of the molecule is CCCCCCCCCCCCCCCCCCCCCCCC[C@@H](C(=O)O)[C@H](O)CCCCCCCCCCCCCCC[C@@H]1C[C@@H]1CCCCCCCCCCCCCCCCCCC(=O)[C@@H](C)CCCCCCCCCCCCCCCCCC. The summed E-state index contributed by atoms with van der Waals surface area (Å²) in [4.78, 5) is 24.7. The van der Waals surface area contributed by atoms with E-state index >= 15 is 0 Å². The topological polar surface area (TPSA) is 74.6 Å². The highest BCUT2D eigenvalue weighted by molar-refractivity contribution is 5.80. The molecule has 0 aromatic heterocycles. The van der Waals surface area contributed by atoms with Gasteiger partial charge in [0.25, 0.3) is 0 Å². The molecule has 5 atom stereocenters. The van der Waals surface area contributed by atoms with Gasteiger partial charge in [-0.25, -0.2) is 0 Å². The zero-order chi connectivity index (χ0) is 63.4. The standard InChI is InChI=1S/C84H164O4/c1-4-6-8-10-12-14-16-18-20-22-23-24-25-26-27-32-38-44-50-56-62-68-74-81(84(87)88)83(86)76-70-64-58-52-46-40-34-37-43-49-55-61-67-73-80-77-79(80)72-66-60-54-48-42-36-31-28-29-33-39-45-51-57-63-69-75-82(85)78(3)71-65-59-53-47-41-35-30-21-19-17-15-13-11-9-7-5-2/h78-81,83,86H,4-77H2,1-3H3,(H,87,88)/t78-,79-,80+,81+,83+/m0/s1. The lowest BCUT2D eigenvalue weighted by Gasteiger charge is -2.19. The molecular formula is C84H164O4. The van der Waals surface area contributed by atoms with Crippen LogP contribution in [0.15, 0.2) is 0 Å². The summed E-state index contributed by atoms with van der Waals surface area (Å²) in [6.45, 7) is 6.79. The normalized spacial score (nSPS) is 15.1. The minimum Gasteiger partial charge on any atom is -0.481 e. The van der Waals surface area contributed by atoms with Gasteiger partial charge >= 0.3 is 5.97 Å². The Morgan fingerprint density at radius 1 is 0.284 bits per heavy atom. The summed E-state index contributed by atoms with van der Waals surface area (Å²) >= 11 is 0. The van der Waals surface area contributed by atoms with E-state index in [-0.39, 0.29) is 5.92 Å². The Hall–Kier alpha value is -0.900. The first-order valence-electron chi connectivity index (χ1n) is 41.8. The van der Waals surface area contributed by atoms with Crippen LogP contribution < -0.4 is 0 Å². The molecular weight excluding hydrogens is 1070 g/mol. The molecule has 524 valence electrons. The molecule has 1 saturated carbocycles. The van der Waals surface area contributed by atoms with Gasteiger partial charge in [-0.15, -0.1) is 0 Å². The van der Waals surface area contributed by atoms with E-state index in [9.17, 15) is 19.8 Å². The third-order valence-electron chi connectivity index (χ3n) is 21.6. The van der Waals surface area contributed by atoms with Crippen LogP contribution in [-0.4, -0.2) is 28.1 Å². The van der Waals surface area contributed by atoms with Gasteiger partial charge in [0.15, 0.2) is 0 Å². The Bertz CT molecular complexity index is 1360. The van der Waals surface area contributed by atoms with Gasteiger partial charge < -0.3 is 10.2 Å². The van der Waals surface area contributed by atoms with Gasteiger partial charge in [-0.2, -0.15) is 0 Å². The first kappa shape index (κ1) is 85.1. The van der Waals surface area contributed by atoms with Crippen LogP contribution in [0.4, 0.5) is 0 Å². The number of hydrogen-bond donors (Lipinski definition) is 2. The van der Waals surface area contributed by atoms with Crippen molar-refractivity contribution in [3.8, 4) is 0 Å². The van der Waals surface area contributed by atoms with Crippen LogP contribution in [0.1, 0.15) is 496 Å². The molecule has 0 amide bonds. The Kier molecular flexibility index (Phi) is 68.1. The summed E-state index contributed by atoms with van der Waals surface area (Å²) in [6.07, 6.45) is 99.4. The van der Waals surface area contributed by atoms with Crippen molar-refractivity contribution in [1.29, 1.82) is 0 Å². The van der Waals surface area contributed by atoms with Crippen molar-refractivity contribution in [2.24, 2.45) is 23.7 Å². The molecule has 0 spiro atoms. The van der Waals surface area contributed by atoms with Crippen LogP contribution in [0.5, 0.6) is 0 Å². The maximum Gasteiger partial charge on any atom is 0.309 e. The van der Waals surface area contributed by atoms with Gasteiger partial charge in [-0.05, 0) is 43.9 Å². The summed E-state index contributed by atoms with van der Waals surface area (Å²) < 4.78 is 0. The van der Waals surface area contributed by atoms with E-state index in [2.05, 4.69) is 20.8 Å². The van der Waals surface area contributed by atoms with Gasteiger partial charge in [0.2, 0.25) is 0 Å². The number of carbonyl (C=O) groups excluding carboxylic acids is 1. The summed E-state index contributed by atoms with van der Waals surface area (Å²) in [5, 5.41) is 20.6. The average Bonchev–Trinajstić information content (AvgIpc) is 4.30. The number of rotatable bonds is 78. The third kappa shape index (κ3) is 62.5. The van der Waals surface area contributed by atoms with Crippen molar-refractivity contribution >= 4 is 11.8 Å². The molecule has 88 heavy (non-hydrogen) atoms. The fourth-order valence-corrected chi connectivity index (χ4v) is 15.0. The zero-order valence-corrected chi connectivity index (χ0v) is 60.9. The molecule has 0 unspecified atom stereocenters. The number of hydrogen-bond acceptors (Lipinski definition) is 3. The van der Waals surface area contributed by atoms with Crippen molar-refractivity contribution in [3.63, 3.8) is 0 Å². The highest BCUT2D eigenvalue weighted by Crippen LogP contribution is 2.46. The predicted molar refractivity (Wildman–Crippen MR) is 391 cm³/mol. The molecule has 4 nitrogen and oxygen atoms in total. The highest BCUT2D eigenvalue weighted by Gasteiger charge is 2.35. The van der Waals surface area contributed by atoms with Gasteiger partial charge in [-0.3, -0.25) is 9.59 Å². The second-order valence-corrected chi connectivity index (χ2v) is 30.3. The lowest BCUT2D eigenvalue weighted by molar-refractivity contribution is -0.146. The van der Waals surface area contributed by atoms with Crippen molar-refractivity contribution in [2.75, 3.05) is 0 Å². The molecule has 0 heterocycles. The summed E-state index contributed by atoms with van der Waals surface area (Å²) in [5.74, 6) is 1.58. The minimum absolute atomic E-state index is 0.281. The van der Waals surface area contributed by atoms with Crippen molar-refractivity contribution in [1.82, 2.24) is 0 Å². The van der Waals surface area contributed by atoms with E-state index in [1.807, 2.05) is 0 Å². The van der Waals surface area contributed by atoms with Gasteiger partial charge in [0.05, 0.1) is 12.0 Å². The minimum atomic E-state index is -0.800. The van der Waals surface area contributed by atoms with Crippen molar-refractivity contribution in [2.45, 2.75) is 502 Å². The number of carboxylic acids is 1. The Morgan fingerprint density at radius 2 is 0.489 bits per heavy atom. The third-order valence-corrected chi connectivity index (χ3v) is 21.6. The van der Waals surface area contributed by atoms with E-state index in [4.69, 9.17) is 0 Å². The second-order valence-electron chi connectivity index (χ2n) is 30.3. The molecule has 4 heteroatoms. The molecule has 1 rings (SSSR count). The number of ketones is 1.